The molecule has 0 aliphatic rings. The number of ether oxygens (including phenoxy) is 2. The molecule has 0 radical (unpaired) electrons. The van der Waals surface area contributed by atoms with E-state index < -0.39 is 22.5 Å². The van der Waals surface area contributed by atoms with Crippen LogP contribution in [-0.2, 0) is 19.6 Å². The smallest absolute Gasteiger partial charge is 0.326 e. The summed E-state index contributed by atoms with van der Waals surface area (Å²) in [4.78, 5) is 12.2. The summed E-state index contributed by atoms with van der Waals surface area (Å²) < 4.78 is 37.9. The van der Waals surface area contributed by atoms with Crippen LogP contribution in [0.15, 0.2) is 41.3 Å². The van der Waals surface area contributed by atoms with Crippen LogP contribution in [0.25, 0.3) is 0 Å². The molecule has 0 atom stereocenters. The van der Waals surface area contributed by atoms with Crippen molar-refractivity contribution in [2.45, 2.75) is 32.6 Å². The molecule has 6 nitrogen and oxygen atoms in total. The minimum absolute atomic E-state index is 0.0873. The van der Waals surface area contributed by atoms with Gasteiger partial charge in [0.25, 0.3) is 10.0 Å². The highest BCUT2D eigenvalue weighted by atomic mass is 32.2. The van der Waals surface area contributed by atoms with Crippen LogP contribution >= 0.6 is 0 Å². The van der Waals surface area contributed by atoms with Gasteiger partial charge in [0.2, 0.25) is 0 Å². The van der Waals surface area contributed by atoms with Gasteiger partial charge in [0, 0.05) is 0 Å². The van der Waals surface area contributed by atoms with Gasteiger partial charge in [0.05, 0.1) is 24.3 Å². The molecule has 2 aromatic carbocycles. The lowest BCUT2D eigenvalue weighted by Crippen LogP contribution is -2.36. The molecule has 0 unspecified atom stereocenters. The van der Waals surface area contributed by atoms with Crippen LogP contribution in [0, 0.1) is 20.8 Å². The first-order valence-corrected chi connectivity index (χ1v) is 10.0. The van der Waals surface area contributed by atoms with Gasteiger partial charge in [-0.2, -0.15) is 0 Å². The molecule has 27 heavy (non-hydrogen) atoms. The van der Waals surface area contributed by atoms with Crippen molar-refractivity contribution in [3.8, 4) is 5.75 Å². The van der Waals surface area contributed by atoms with Crippen LogP contribution in [0.3, 0.4) is 0 Å². The monoisotopic (exact) mass is 391 g/mol. The van der Waals surface area contributed by atoms with E-state index >= 15 is 0 Å². The summed E-state index contributed by atoms with van der Waals surface area (Å²) >= 11 is 0. The average Bonchev–Trinajstić information content (AvgIpc) is 2.58. The van der Waals surface area contributed by atoms with Crippen LogP contribution in [0.2, 0.25) is 0 Å². The molecule has 0 aliphatic heterocycles. The topological polar surface area (TPSA) is 72.9 Å². The predicted molar refractivity (Wildman–Crippen MR) is 105 cm³/mol. The third-order valence-corrected chi connectivity index (χ3v) is 5.80. The third-order valence-electron chi connectivity index (χ3n) is 4.03. The van der Waals surface area contributed by atoms with Crippen LogP contribution in [0.4, 0.5) is 5.69 Å². The van der Waals surface area contributed by atoms with Crippen LogP contribution in [0.5, 0.6) is 5.75 Å². The van der Waals surface area contributed by atoms with Crippen molar-refractivity contribution in [3.05, 3.63) is 53.1 Å². The van der Waals surface area contributed by atoms with E-state index in [1.807, 2.05) is 19.9 Å². The van der Waals surface area contributed by atoms with Crippen molar-refractivity contribution in [3.63, 3.8) is 0 Å². The molecule has 0 saturated heterocycles. The Bertz CT molecular complexity index is 917. The van der Waals surface area contributed by atoms with E-state index in [9.17, 15) is 13.2 Å². The standard InChI is InChI=1S/C20H25NO5S/c1-6-26-20(22)13-21(17-10-14(2)9-15(3)11-17)27(23,24)18-7-8-19(25-5)16(4)12-18/h7-12H,6,13H2,1-5H3. The van der Waals surface area contributed by atoms with Gasteiger partial charge >= 0.3 is 5.97 Å². The minimum Gasteiger partial charge on any atom is -0.496 e. The van der Waals surface area contributed by atoms with Crippen LogP contribution < -0.4 is 9.04 Å². The first-order chi connectivity index (χ1) is 12.7. The number of hydrogen-bond donors (Lipinski definition) is 0. The van der Waals surface area contributed by atoms with Crippen molar-refractivity contribution in [2.75, 3.05) is 24.6 Å². The second-order valence-electron chi connectivity index (χ2n) is 6.29. The molecule has 0 aliphatic carbocycles. The van der Waals surface area contributed by atoms with Crippen molar-refractivity contribution < 1.29 is 22.7 Å². The third kappa shape index (κ3) is 4.80. The molecule has 0 fully saturated rings. The lowest BCUT2D eigenvalue weighted by molar-refractivity contribution is -0.141. The van der Waals surface area contributed by atoms with Crippen molar-refractivity contribution in [1.29, 1.82) is 0 Å². The zero-order valence-corrected chi connectivity index (χ0v) is 17.1. The number of methoxy groups -OCH3 is 1. The zero-order chi connectivity index (χ0) is 20.2. The molecule has 2 rings (SSSR count). The van der Waals surface area contributed by atoms with E-state index in [4.69, 9.17) is 9.47 Å². The lowest BCUT2D eigenvalue weighted by atomic mass is 10.1. The van der Waals surface area contributed by atoms with Gasteiger partial charge < -0.3 is 9.47 Å². The fourth-order valence-electron chi connectivity index (χ4n) is 2.87. The number of carbonyl (C=O) groups excluding carboxylic acids is 1. The first-order valence-electron chi connectivity index (χ1n) is 8.60. The summed E-state index contributed by atoms with van der Waals surface area (Å²) in [5, 5.41) is 0. The Morgan fingerprint density at radius 1 is 1.04 bits per heavy atom. The Labute approximate surface area is 160 Å². The number of anilines is 1. The van der Waals surface area contributed by atoms with Crippen molar-refractivity contribution in [2.24, 2.45) is 0 Å². The Morgan fingerprint density at radius 3 is 2.19 bits per heavy atom. The molecule has 146 valence electrons. The molecule has 2 aromatic rings. The SMILES string of the molecule is CCOC(=O)CN(c1cc(C)cc(C)c1)S(=O)(=O)c1ccc(OC)c(C)c1. The molecule has 0 saturated carbocycles. The van der Waals surface area contributed by atoms with E-state index in [-0.39, 0.29) is 11.5 Å². The number of esters is 1. The second kappa shape index (κ2) is 8.43. The summed E-state index contributed by atoms with van der Waals surface area (Å²) in [6.07, 6.45) is 0. The highest BCUT2D eigenvalue weighted by Crippen LogP contribution is 2.28. The van der Waals surface area contributed by atoms with E-state index in [0.717, 1.165) is 15.4 Å². The summed E-state index contributed by atoms with van der Waals surface area (Å²) in [5.41, 5.74) is 2.92. The van der Waals surface area contributed by atoms with E-state index in [1.54, 1.807) is 32.0 Å². The maximum Gasteiger partial charge on any atom is 0.326 e. The van der Waals surface area contributed by atoms with Gasteiger partial charge in [-0.3, -0.25) is 9.10 Å². The Morgan fingerprint density at radius 2 is 1.67 bits per heavy atom. The average molecular weight is 391 g/mol. The Kier molecular flexibility index (Phi) is 6.49. The number of hydrogen-bond acceptors (Lipinski definition) is 5. The molecular weight excluding hydrogens is 366 g/mol. The normalized spacial score (nSPS) is 11.1. The van der Waals surface area contributed by atoms with Crippen LogP contribution in [-0.4, -0.2) is 34.6 Å². The molecule has 0 N–H and O–H groups in total. The van der Waals surface area contributed by atoms with Gasteiger partial charge in [-0.1, -0.05) is 6.07 Å². The maximum absolute atomic E-state index is 13.3. The first kappa shape index (κ1) is 20.8. The molecular formula is C20H25NO5S. The van der Waals surface area contributed by atoms with Gasteiger partial charge in [-0.15, -0.1) is 0 Å². The summed E-state index contributed by atoms with van der Waals surface area (Å²) in [6.45, 7) is 6.99. The number of carbonyl (C=O) groups is 1. The van der Waals surface area contributed by atoms with E-state index in [1.165, 1.54) is 19.2 Å². The zero-order valence-electron chi connectivity index (χ0n) is 16.3. The van der Waals surface area contributed by atoms with Gasteiger partial charge in [-0.25, -0.2) is 8.42 Å². The maximum atomic E-state index is 13.3. The van der Waals surface area contributed by atoms with Crippen LogP contribution in [0.1, 0.15) is 23.6 Å². The predicted octanol–water partition coefficient (Wildman–Crippen LogP) is 3.38. The quantitative estimate of drug-likeness (QED) is 0.677. The van der Waals surface area contributed by atoms with E-state index in [0.29, 0.717) is 17.0 Å². The number of aryl methyl sites for hydroxylation is 3. The Hall–Kier alpha value is -2.54. The number of rotatable bonds is 7. The van der Waals surface area contributed by atoms with Gasteiger partial charge in [-0.05, 0) is 74.7 Å². The highest BCUT2D eigenvalue weighted by Gasteiger charge is 2.28. The molecule has 7 heteroatoms. The summed E-state index contributed by atoms with van der Waals surface area (Å²) in [5.74, 6) is -0.0113. The van der Waals surface area contributed by atoms with Gasteiger partial charge in [0.15, 0.2) is 0 Å². The minimum atomic E-state index is -3.97. The lowest BCUT2D eigenvalue weighted by Gasteiger charge is -2.24. The molecule has 0 bridgehead atoms. The largest absolute Gasteiger partial charge is 0.496 e. The van der Waals surface area contributed by atoms with Gasteiger partial charge in [0.1, 0.15) is 12.3 Å². The number of nitrogens with zero attached hydrogens (tertiary/aromatic N) is 1. The Balaban J connectivity index is 2.56. The van der Waals surface area contributed by atoms with Crippen molar-refractivity contribution >= 4 is 21.7 Å². The fourth-order valence-corrected chi connectivity index (χ4v) is 4.35. The molecule has 0 spiro atoms. The number of benzene rings is 2. The highest BCUT2D eigenvalue weighted by molar-refractivity contribution is 7.92. The second-order valence-corrected chi connectivity index (χ2v) is 8.16. The molecule has 0 amide bonds. The summed E-state index contributed by atoms with van der Waals surface area (Å²) in [7, 11) is -2.44. The summed E-state index contributed by atoms with van der Waals surface area (Å²) in [6, 6.07) is 10.0. The van der Waals surface area contributed by atoms with Crippen molar-refractivity contribution in [1.82, 2.24) is 0 Å². The molecule has 0 heterocycles. The van der Waals surface area contributed by atoms with E-state index in [2.05, 4.69) is 0 Å². The fraction of sp³-hybridized carbons (Fsp3) is 0.350. The number of sulfonamides is 1. The molecule has 0 aromatic heterocycles.